The molecule has 0 saturated carbocycles. The summed E-state index contributed by atoms with van der Waals surface area (Å²) < 4.78 is 17.3. The van der Waals surface area contributed by atoms with E-state index in [0.717, 1.165) is 62.0 Å². The highest BCUT2D eigenvalue weighted by Crippen LogP contribution is 2.39. The van der Waals surface area contributed by atoms with Crippen LogP contribution in [0.25, 0.3) is 0 Å². The highest BCUT2D eigenvalue weighted by atomic mass is 16.7. The average Bonchev–Trinajstić information content (AvgIpc) is 3.11. The van der Waals surface area contributed by atoms with Crippen molar-refractivity contribution >= 4 is 0 Å². The van der Waals surface area contributed by atoms with Gasteiger partial charge in [0.2, 0.25) is 6.79 Å². The average molecular weight is 354 g/mol. The lowest BCUT2D eigenvalue weighted by atomic mass is 10.0. The van der Waals surface area contributed by atoms with Crippen LogP contribution >= 0.6 is 0 Å². The van der Waals surface area contributed by atoms with Gasteiger partial charge in [0.25, 0.3) is 0 Å². The molecule has 0 bridgehead atoms. The highest BCUT2D eigenvalue weighted by Gasteiger charge is 2.19. The van der Waals surface area contributed by atoms with Gasteiger partial charge in [-0.1, -0.05) is 30.3 Å². The number of piperazine rings is 1. The Morgan fingerprint density at radius 1 is 0.962 bits per heavy atom. The first kappa shape index (κ1) is 17.2. The fourth-order valence-corrected chi connectivity index (χ4v) is 3.41. The Labute approximate surface area is 155 Å². The number of hydrogen-bond donors (Lipinski definition) is 0. The highest BCUT2D eigenvalue weighted by molar-refractivity contribution is 5.53. The fraction of sp³-hybridized carbons (Fsp3) is 0.429. The van der Waals surface area contributed by atoms with Crippen molar-refractivity contribution in [2.45, 2.75) is 6.42 Å². The van der Waals surface area contributed by atoms with Crippen molar-refractivity contribution in [1.29, 1.82) is 0 Å². The van der Waals surface area contributed by atoms with Crippen molar-refractivity contribution in [3.63, 3.8) is 0 Å². The number of fused-ring (bicyclic) bond motifs is 1. The Hall–Kier alpha value is -2.24. The van der Waals surface area contributed by atoms with Crippen molar-refractivity contribution < 1.29 is 14.2 Å². The zero-order chi connectivity index (χ0) is 17.8. The molecule has 4 rings (SSSR count). The number of likely N-dealkylation sites (N-methyl/N-ethyl adjacent to an activating group) is 1. The van der Waals surface area contributed by atoms with Gasteiger partial charge in [0.1, 0.15) is 12.4 Å². The smallest absolute Gasteiger partial charge is 0.231 e. The minimum atomic E-state index is 0.283. The zero-order valence-electron chi connectivity index (χ0n) is 15.3. The number of ether oxygens (including phenoxy) is 3. The maximum atomic E-state index is 6.17. The summed E-state index contributed by atoms with van der Waals surface area (Å²) in [6.45, 7) is 6.39. The molecule has 1 saturated heterocycles. The zero-order valence-corrected chi connectivity index (χ0v) is 15.3. The van der Waals surface area contributed by atoms with Crippen molar-refractivity contribution in [3.05, 3.63) is 53.6 Å². The van der Waals surface area contributed by atoms with Crippen molar-refractivity contribution in [2.75, 3.05) is 53.2 Å². The van der Waals surface area contributed by atoms with E-state index in [1.165, 1.54) is 5.56 Å². The Bertz CT molecular complexity index is 728. The molecule has 0 atom stereocenters. The molecule has 26 heavy (non-hydrogen) atoms. The maximum absolute atomic E-state index is 6.17. The fourth-order valence-electron chi connectivity index (χ4n) is 3.41. The largest absolute Gasteiger partial charge is 0.492 e. The van der Waals surface area contributed by atoms with E-state index in [4.69, 9.17) is 14.2 Å². The summed E-state index contributed by atoms with van der Waals surface area (Å²) in [5.41, 5.74) is 2.40. The van der Waals surface area contributed by atoms with Gasteiger partial charge in [-0.15, -0.1) is 0 Å². The molecule has 2 aliphatic heterocycles. The molecule has 2 heterocycles. The normalized spacial score (nSPS) is 17.4. The second-order valence-electron chi connectivity index (χ2n) is 6.97. The molecule has 0 aliphatic carbocycles. The molecule has 5 heteroatoms. The van der Waals surface area contributed by atoms with Crippen LogP contribution in [0.1, 0.15) is 11.1 Å². The minimum Gasteiger partial charge on any atom is -0.492 e. The molecule has 138 valence electrons. The predicted molar refractivity (Wildman–Crippen MR) is 101 cm³/mol. The Morgan fingerprint density at radius 3 is 2.46 bits per heavy atom. The van der Waals surface area contributed by atoms with E-state index in [1.54, 1.807) is 0 Å². The SMILES string of the molecule is CN1CCN(CCOc2cc3c(cc2Cc2ccccc2)OCO3)CC1. The monoisotopic (exact) mass is 354 g/mol. The lowest BCUT2D eigenvalue weighted by molar-refractivity contribution is 0.133. The first-order valence-electron chi connectivity index (χ1n) is 9.28. The maximum Gasteiger partial charge on any atom is 0.231 e. The van der Waals surface area contributed by atoms with E-state index < -0.39 is 0 Å². The van der Waals surface area contributed by atoms with Gasteiger partial charge in [0.15, 0.2) is 11.5 Å². The molecule has 0 aromatic heterocycles. The quantitative estimate of drug-likeness (QED) is 0.797. The van der Waals surface area contributed by atoms with Crippen LogP contribution in [0.2, 0.25) is 0 Å². The lowest BCUT2D eigenvalue weighted by Gasteiger charge is -2.32. The van der Waals surface area contributed by atoms with Crippen molar-refractivity contribution in [2.24, 2.45) is 0 Å². The van der Waals surface area contributed by atoms with E-state index in [9.17, 15) is 0 Å². The van der Waals surface area contributed by atoms with Crippen LogP contribution in [-0.2, 0) is 6.42 Å². The molecular formula is C21H26N2O3. The number of rotatable bonds is 6. The molecule has 0 radical (unpaired) electrons. The van der Waals surface area contributed by atoms with Crippen LogP contribution < -0.4 is 14.2 Å². The Kier molecular flexibility index (Phi) is 5.27. The molecule has 0 spiro atoms. The third kappa shape index (κ3) is 4.11. The van der Waals surface area contributed by atoms with E-state index in [-0.39, 0.29) is 6.79 Å². The van der Waals surface area contributed by atoms with Gasteiger partial charge in [-0.05, 0) is 18.7 Å². The van der Waals surface area contributed by atoms with Crippen molar-refractivity contribution in [3.8, 4) is 17.2 Å². The molecule has 0 amide bonds. The molecular weight excluding hydrogens is 328 g/mol. The third-order valence-corrected chi connectivity index (χ3v) is 5.05. The Morgan fingerprint density at radius 2 is 1.69 bits per heavy atom. The first-order chi connectivity index (χ1) is 12.8. The molecule has 2 aliphatic rings. The van der Waals surface area contributed by atoms with Gasteiger partial charge in [0.05, 0.1) is 0 Å². The van der Waals surface area contributed by atoms with Crippen LogP contribution in [0.5, 0.6) is 17.2 Å². The van der Waals surface area contributed by atoms with Gasteiger partial charge in [-0.3, -0.25) is 4.90 Å². The van der Waals surface area contributed by atoms with Gasteiger partial charge in [0, 0.05) is 50.8 Å². The van der Waals surface area contributed by atoms with Crippen LogP contribution in [0.4, 0.5) is 0 Å². The number of hydrogen-bond acceptors (Lipinski definition) is 5. The number of nitrogens with zero attached hydrogens (tertiary/aromatic N) is 2. The van der Waals surface area contributed by atoms with Crippen LogP contribution in [-0.4, -0.2) is 63.0 Å². The van der Waals surface area contributed by atoms with E-state index in [0.29, 0.717) is 6.61 Å². The standard InChI is InChI=1S/C21H26N2O3/c1-22-7-9-23(10-8-22)11-12-24-19-15-21-20(25-16-26-21)14-18(19)13-17-5-3-2-4-6-17/h2-6,14-15H,7-13,16H2,1H3. The first-order valence-corrected chi connectivity index (χ1v) is 9.28. The summed E-state index contributed by atoms with van der Waals surface area (Å²) in [7, 11) is 2.18. The van der Waals surface area contributed by atoms with Crippen LogP contribution in [0.3, 0.4) is 0 Å². The van der Waals surface area contributed by atoms with Gasteiger partial charge in [-0.2, -0.15) is 0 Å². The molecule has 5 nitrogen and oxygen atoms in total. The van der Waals surface area contributed by atoms with E-state index in [2.05, 4.69) is 47.2 Å². The van der Waals surface area contributed by atoms with Crippen LogP contribution in [0, 0.1) is 0 Å². The summed E-state index contributed by atoms with van der Waals surface area (Å²) in [6.07, 6.45) is 0.821. The molecule has 2 aromatic carbocycles. The molecule has 0 unspecified atom stereocenters. The minimum absolute atomic E-state index is 0.283. The van der Waals surface area contributed by atoms with Crippen molar-refractivity contribution in [1.82, 2.24) is 9.80 Å². The summed E-state index contributed by atoms with van der Waals surface area (Å²) in [5.74, 6) is 2.48. The molecule has 1 fully saturated rings. The second kappa shape index (κ2) is 7.98. The summed E-state index contributed by atoms with van der Waals surface area (Å²) >= 11 is 0. The Balaban J connectivity index is 1.43. The van der Waals surface area contributed by atoms with E-state index in [1.807, 2.05) is 12.1 Å². The third-order valence-electron chi connectivity index (χ3n) is 5.05. The van der Waals surface area contributed by atoms with E-state index >= 15 is 0 Å². The van der Waals surface area contributed by atoms with Gasteiger partial charge < -0.3 is 19.1 Å². The van der Waals surface area contributed by atoms with Gasteiger partial charge in [-0.25, -0.2) is 0 Å². The second-order valence-corrected chi connectivity index (χ2v) is 6.97. The lowest BCUT2D eigenvalue weighted by Crippen LogP contribution is -2.45. The topological polar surface area (TPSA) is 34.2 Å². The summed E-state index contributed by atoms with van der Waals surface area (Å²) in [6, 6.07) is 14.5. The summed E-state index contributed by atoms with van der Waals surface area (Å²) in [5, 5.41) is 0. The number of benzene rings is 2. The molecule has 2 aromatic rings. The van der Waals surface area contributed by atoms with Crippen LogP contribution in [0.15, 0.2) is 42.5 Å². The van der Waals surface area contributed by atoms with Gasteiger partial charge >= 0.3 is 0 Å². The predicted octanol–water partition coefficient (Wildman–Crippen LogP) is 2.63. The summed E-state index contributed by atoms with van der Waals surface area (Å²) in [4.78, 5) is 4.83. The molecule has 0 N–H and O–H groups in total.